The van der Waals surface area contributed by atoms with Crippen LogP contribution in [0.2, 0.25) is 0 Å². The highest BCUT2D eigenvalue weighted by Crippen LogP contribution is 2.23. The Labute approximate surface area is 128 Å². The third-order valence-electron chi connectivity index (χ3n) is 3.55. The first kappa shape index (κ1) is 17.5. The second-order valence-electron chi connectivity index (χ2n) is 6.37. The molecule has 0 aliphatic carbocycles. The van der Waals surface area contributed by atoms with Gasteiger partial charge in [0.2, 0.25) is 5.91 Å². The summed E-state index contributed by atoms with van der Waals surface area (Å²) in [6, 6.07) is 3.75. The van der Waals surface area contributed by atoms with Crippen LogP contribution in [0.3, 0.4) is 0 Å². The number of rotatable bonds is 6. The summed E-state index contributed by atoms with van der Waals surface area (Å²) in [4.78, 5) is 13.8. The quantitative estimate of drug-likeness (QED) is 0.847. The summed E-state index contributed by atoms with van der Waals surface area (Å²) in [5.74, 6) is 0.910. The number of aryl methyl sites for hydroxylation is 2. The lowest BCUT2D eigenvalue weighted by Gasteiger charge is -2.23. The standard InChI is InChI=1S/C17H28N2O2/c1-11(2)7-15(17(21)19(5)6)18-10-14-8-12(3)16(20)13(4)9-14/h8-9,11,15,18,20H,7,10H2,1-6H3. The fourth-order valence-electron chi connectivity index (χ4n) is 2.44. The molecule has 1 aromatic rings. The fraction of sp³-hybridized carbons (Fsp3) is 0.588. The second kappa shape index (κ2) is 7.46. The molecule has 1 rings (SSSR count). The monoisotopic (exact) mass is 292 g/mol. The first-order valence-electron chi connectivity index (χ1n) is 7.46. The van der Waals surface area contributed by atoms with Crippen molar-refractivity contribution in [2.24, 2.45) is 5.92 Å². The van der Waals surface area contributed by atoms with E-state index in [1.54, 1.807) is 19.0 Å². The molecule has 0 bridgehead atoms. The van der Waals surface area contributed by atoms with Crippen molar-refractivity contribution in [1.29, 1.82) is 0 Å². The molecule has 0 aliphatic heterocycles. The smallest absolute Gasteiger partial charge is 0.239 e. The number of carbonyl (C=O) groups excluding carboxylic acids is 1. The number of hydrogen-bond acceptors (Lipinski definition) is 3. The topological polar surface area (TPSA) is 52.6 Å². The van der Waals surface area contributed by atoms with E-state index >= 15 is 0 Å². The first-order chi connectivity index (χ1) is 9.72. The van der Waals surface area contributed by atoms with E-state index in [0.29, 0.717) is 18.2 Å². The number of likely N-dealkylation sites (N-methyl/N-ethyl adjacent to an activating group) is 1. The molecule has 0 spiro atoms. The highest BCUT2D eigenvalue weighted by atomic mass is 16.3. The van der Waals surface area contributed by atoms with Crippen LogP contribution in [0.4, 0.5) is 0 Å². The number of carbonyl (C=O) groups is 1. The van der Waals surface area contributed by atoms with Crippen molar-refractivity contribution in [3.63, 3.8) is 0 Å². The van der Waals surface area contributed by atoms with E-state index in [2.05, 4.69) is 19.2 Å². The Kier molecular flexibility index (Phi) is 6.21. The SMILES string of the molecule is Cc1cc(CNC(CC(C)C)C(=O)N(C)C)cc(C)c1O. The van der Waals surface area contributed by atoms with Gasteiger partial charge in [-0.25, -0.2) is 0 Å². The number of nitrogens with one attached hydrogen (secondary N) is 1. The third kappa shape index (κ3) is 5.05. The van der Waals surface area contributed by atoms with Crippen LogP contribution in [-0.2, 0) is 11.3 Å². The van der Waals surface area contributed by atoms with Crippen molar-refractivity contribution in [3.8, 4) is 5.75 Å². The number of nitrogens with zero attached hydrogens (tertiary/aromatic N) is 1. The van der Waals surface area contributed by atoms with Gasteiger partial charge in [-0.05, 0) is 42.9 Å². The highest BCUT2D eigenvalue weighted by molar-refractivity contribution is 5.81. The van der Waals surface area contributed by atoms with E-state index in [4.69, 9.17) is 0 Å². The van der Waals surface area contributed by atoms with Gasteiger partial charge < -0.3 is 15.3 Å². The van der Waals surface area contributed by atoms with Gasteiger partial charge in [-0.2, -0.15) is 0 Å². The van der Waals surface area contributed by atoms with Gasteiger partial charge in [-0.1, -0.05) is 26.0 Å². The summed E-state index contributed by atoms with van der Waals surface area (Å²) in [5, 5.41) is 13.2. The average Bonchev–Trinajstić information content (AvgIpc) is 2.39. The molecule has 2 N–H and O–H groups in total. The largest absolute Gasteiger partial charge is 0.507 e. The normalized spacial score (nSPS) is 12.5. The van der Waals surface area contributed by atoms with Crippen LogP contribution in [0.15, 0.2) is 12.1 Å². The van der Waals surface area contributed by atoms with Gasteiger partial charge >= 0.3 is 0 Å². The van der Waals surface area contributed by atoms with E-state index < -0.39 is 0 Å². The predicted octanol–water partition coefficient (Wildman–Crippen LogP) is 2.60. The molecule has 4 nitrogen and oxygen atoms in total. The van der Waals surface area contributed by atoms with Crippen molar-refractivity contribution in [1.82, 2.24) is 10.2 Å². The molecule has 1 aromatic carbocycles. The second-order valence-corrected chi connectivity index (χ2v) is 6.37. The Morgan fingerprint density at radius 2 is 1.76 bits per heavy atom. The lowest BCUT2D eigenvalue weighted by atomic mass is 10.0. The number of hydrogen-bond donors (Lipinski definition) is 2. The Morgan fingerprint density at radius 3 is 2.19 bits per heavy atom. The zero-order chi connectivity index (χ0) is 16.2. The molecule has 0 saturated carbocycles. The molecule has 0 heterocycles. The number of aromatic hydroxyl groups is 1. The molecule has 0 radical (unpaired) electrons. The third-order valence-corrected chi connectivity index (χ3v) is 3.55. The molecule has 1 unspecified atom stereocenters. The average molecular weight is 292 g/mol. The van der Waals surface area contributed by atoms with Gasteiger partial charge in [0.1, 0.15) is 5.75 Å². The minimum absolute atomic E-state index is 0.107. The molecule has 118 valence electrons. The number of phenols is 1. The van der Waals surface area contributed by atoms with E-state index in [0.717, 1.165) is 23.1 Å². The van der Waals surface area contributed by atoms with Crippen LogP contribution in [0.5, 0.6) is 5.75 Å². The summed E-state index contributed by atoms with van der Waals surface area (Å²) < 4.78 is 0. The van der Waals surface area contributed by atoms with Crippen LogP contribution in [0.25, 0.3) is 0 Å². The van der Waals surface area contributed by atoms with E-state index in [9.17, 15) is 9.90 Å². The molecule has 0 aromatic heterocycles. The molecule has 21 heavy (non-hydrogen) atoms. The molecule has 1 atom stereocenters. The molecule has 1 amide bonds. The zero-order valence-corrected chi connectivity index (χ0v) is 14.0. The Hall–Kier alpha value is -1.55. The number of phenolic OH excluding ortho intramolecular Hbond substituents is 1. The Balaban J connectivity index is 2.79. The van der Waals surface area contributed by atoms with Crippen molar-refractivity contribution >= 4 is 5.91 Å². The van der Waals surface area contributed by atoms with Gasteiger partial charge in [-0.3, -0.25) is 4.79 Å². The van der Waals surface area contributed by atoms with E-state index in [1.807, 2.05) is 26.0 Å². The van der Waals surface area contributed by atoms with Crippen molar-refractivity contribution in [3.05, 3.63) is 28.8 Å². The van der Waals surface area contributed by atoms with Gasteiger partial charge in [-0.15, -0.1) is 0 Å². The molecule has 0 fully saturated rings. The maximum absolute atomic E-state index is 12.2. The Morgan fingerprint density at radius 1 is 1.24 bits per heavy atom. The van der Waals surface area contributed by atoms with E-state index in [-0.39, 0.29) is 11.9 Å². The maximum Gasteiger partial charge on any atom is 0.239 e. The lowest BCUT2D eigenvalue weighted by Crippen LogP contribution is -2.44. The zero-order valence-electron chi connectivity index (χ0n) is 14.0. The van der Waals surface area contributed by atoms with Crippen molar-refractivity contribution in [2.45, 2.75) is 46.7 Å². The summed E-state index contributed by atoms with van der Waals surface area (Å²) in [7, 11) is 3.57. The molecule has 4 heteroatoms. The van der Waals surface area contributed by atoms with Gasteiger partial charge in [0.25, 0.3) is 0 Å². The minimum atomic E-state index is -0.172. The summed E-state index contributed by atoms with van der Waals surface area (Å²) in [6.07, 6.45) is 0.813. The minimum Gasteiger partial charge on any atom is -0.507 e. The fourth-order valence-corrected chi connectivity index (χ4v) is 2.44. The summed E-state index contributed by atoms with van der Waals surface area (Å²) >= 11 is 0. The van der Waals surface area contributed by atoms with Gasteiger partial charge in [0.15, 0.2) is 0 Å². The lowest BCUT2D eigenvalue weighted by molar-refractivity contribution is -0.131. The van der Waals surface area contributed by atoms with Gasteiger partial charge in [0, 0.05) is 20.6 Å². The van der Waals surface area contributed by atoms with E-state index in [1.165, 1.54) is 0 Å². The summed E-state index contributed by atoms with van der Waals surface area (Å²) in [6.45, 7) is 8.64. The van der Waals surface area contributed by atoms with Crippen molar-refractivity contribution in [2.75, 3.05) is 14.1 Å². The maximum atomic E-state index is 12.2. The van der Waals surface area contributed by atoms with Crippen LogP contribution in [-0.4, -0.2) is 36.1 Å². The molecular formula is C17H28N2O2. The number of amides is 1. The first-order valence-corrected chi connectivity index (χ1v) is 7.46. The predicted molar refractivity (Wildman–Crippen MR) is 86.4 cm³/mol. The molecule has 0 saturated heterocycles. The highest BCUT2D eigenvalue weighted by Gasteiger charge is 2.20. The van der Waals surface area contributed by atoms with Crippen molar-refractivity contribution < 1.29 is 9.90 Å². The van der Waals surface area contributed by atoms with Crippen LogP contribution >= 0.6 is 0 Å². The van der Waals surface area contributed by atoms with Crippen LogP contribution < -0.4 is 5.32 Å². The number of benzene rings is 1. The molecule has 0 aliphatic rings. The Bertz CT molecular complexity index is 473. The van der Waals surface area contributed by atoms with Crippen LogP contribution in [0.1, 0.15) is 37.0 Å². The van der Waals surface area contributed by atoms with Crippen LogP contribution in [0, 0.1) is 19.8 Å². The molecular weight excluding hydrogens is 264 g/mol. The summed E-state index contributed by atoms with van der Waals surface area (Å²) in [5.41, 5.74) is 2.82. The van der Waals surface area contributed by atoms with Gasteiger partial charge in [0.05, 0.1) is 6.04 Å².